The zero-order valence-electron chi connectivity index (χ0n) is 12.7. The van der Waals surface area contributed by atoms with Gasteiger partial charge in [0, 0.05) is 12.3 Å². The van der Waals surface area contributed by atoms with E-state index in [1.807, 2.05) is 51.1 Å². The second-order valence-electron chi connectivity index (χ2n) is 6.59. The van der Waals surface area contributed by atoms with Crippen molar-refractivity contribution in [2.75, 3.05) is 0 Å². The molecule has 1 saturated carbocycles. The van der Waals surface area contributed by atoms with Gasteiger partial charge in [-0.15, -0.1) is 0 Å². The third-order valence-electron chi connectivity index (χ3n) is 4.65. The number of hydrogen-bond acceptors (Lipinski definition) is 3. The van der Waals surface area contributed by atoms with Crippen LogP contribution in [0.5, 0.6) is 0 Å². The van der Waals surface area contributed by atoms with Gasteiger partial charge in [-0.2, -0.15) is 0 Å². The third-order valence-corrected chi connectivity index (χ3v) is 4.65. The highest BCUT2D eigenvalue weighted by Gasteiger charge is 2.53. The molecule has 1 aromatic rings. The van der Waals surface area contributed by atoms with Gasteiger partial charge in [-0.25, -0.2) is 0 Å². The van der Waals surface area contributed by atoms with Crippen LogP contribution in [0.15, 0.2) is 30.3 Å². The molecule has 0 heterocycles. The summed E-state index contributed by atoms with van der Waals surface area (Å²) in [5.74, 6) is -0.221. The van der Waals surface area contributed by atoms with Gasteiger partial charge in [0.25, 0.3) is 0 Å². The maximum absolute atomic E-state index is 11.4. The summed E-state index contributed by atoms with van der Waals surface area (Å²) in [5, 5.41) is 11.4. The Hall–Kier alpha value is -1.35. The van der Waals surface area contributed by atoms with E-state index in [1.165, 1.54) is 6.92 Å². The molecule has 1 unspecified atom stereocenters. The quantitative estimate of drug-likeness (QED) is 0.843. The predicted octanol–water partition coefficient (Wildman–Crippen LogP) is 3.26. The van der Waals surface area contributed by atoms with E-state index in [-0.39, 0.29) is 23.4 Å². The molecular weight excluding hydrogens is 252 g/mol. The van der Waals surface area contributed by atoms with Crippen molar-refractivity contribution in [3.8, 4) is 0 Å². The fourth-order valence-corrected chi connectivity index (χ4v) is 3.73. The Bertz CT molecular complexity index is 480. The van der Waals surface area contributed by atoms with Crippen LogP contribution in [0.1, 0.15) is 46.1 Å². The SMILES string of the molecule is CC(=O)O[C@@H]1C[C@@H](C)C(O)(c2ccccc2)C(C)(C)C1. The van der Waals surface area contributed by atoms with E-state index in [4.69, 9.17) is 4.74 Å². The lowest BCUT2D eigenvalue weighted by molar-refractivity contribution is -0.184. The number of aliphatic hydroxyl groups is 1. The minimum Gasteiger partial charge on any atom is -0.463 e. The maximum Gasteiger partial charge on any atom is 0.302 e. The molecule has 2 rings (SSSR count). The summed E-state index contributed by atoms with van der Waals surface area (Å²) < 4.78 is 5.38. The van der Waals surface area contributed by atoms with Gasteiger partial charge in [0.1, 0.15) is 6.10 Å². The second kappa shape index (κ2) is 5.21. The zero-order valence-corrected chi connectivity index (χ0v) is 12.7. The van der Waals surface area contributed by atoms with E-state index in [1.54, 1.807) is 0 Å². The number of benzene rings is 1. The fourth-order valence-electron chi connectivity index (χ4n) is 3.73. The van der Waals surface area contributed by atoms with Crippen LogP contribution >= 0.6 is 0 Å². The number of rotatable bonds is 2. The monoisotopic (exact) mass is 276 g/mol. The van der Waals surface area contributed by atoms with Crippen molar-refractivity contribution in [3.63, 3.8) is 0 Å². The van der Waals surface area contributed by atoms with Crippen molar-refractivity contribution in [1.29, 1.82) is 0 Å². The Morgan fingerprint density at radius 2 is 1.90 bits per heavy atom. The first-order valence-corrected chi connectivity index (χ1v) is 7.22. The van der Waals surface area contributed by atoms with Gasteiger partial charge in [-0.05, 0) is 24.3 Å². The summed E-state index contributed by atoms with van der Waals surface area (Å²) in [6.45, 7) is 7.57. The molecule has 0 aromatic heterocycles. The van der Waals surface area contributed by atoms with Gasteiger partial charge >= 0.3 is 5.97 Å². The summed E-state index contributed by atoms with van der Waals surface area (Å²) in [6.07, 6.45) is 1.25. The highest BCUT2D eigenvalue weighted by Crippen LogP contribution is 2.53. The molecule has 0 aliphatic heterocycles. The number of esters is 1. The van der Waals surface area contributed by atoms with Crippen LogP contribution < -0.4 is 0 Å². The molecule has 1 N–H and O–H groups in total. The second-order valence-corrected chi connectivity index (χ2v) is 6.59. The van der Waals surface area contributed by atoms with Crippen LogP contribution in [-0.4, -0.2) is 17.2 Å². The minimum absolute atomic E-state index is 0.0259. The molecule has 0 amide bonds. The molecule has 3 atom stereocenters. The standard InChI is InChI=1S/C17H24O3/c1-12-10-15(20-13(2)18)11-16(3,4)17(12,19)14-8-6-5-7-9-14/h5-9,12,15,19H,10-11H2,1-4H3/t12-,15-,17?/m1/s1. The molecule has 0 spiro atoms. The molecule has 1 aliphatic carbocycles. The average molecular weight is 276 g/mol. The van der Waals surface area contributed by atoms with E-state index in [2.05, 4.69) is 0 Å². The van der Waals surface area contributed by atoms with Gasteiger partial charge in [-0.3, -0.25) is 4.79 Å². The van der Waals surface area contributed by atoms with Crippen molar-refractivity contribution in [3.05, 3.63) is 35.9 Å². The Morgan fingerprint density at radius 1 is 1.30 bits per heavy atom. The lowest BCUT2D eigenvalue weighted by atomic mass is 9.57. The van der Waals surface area contributed by atoms with Crippen LogP contribution in [0, 0.1) is 11.3 Å². The minimum atomic E-state index is -0.898. The maximum atomic E-state index is 11.4. The summed E-state index contributed by atoms with van der Waals surface area (Å²) in [4.78, 5) is 11.2. The van der Waals surface area contributed by atoms with Crippen LogP contribution in [0.2, 0.25) is 0 Å². The Labute approximate surface area is 121 Å². The molecule has 20 heavy (non-hydrogen) atoms. The largest absolute Gasteiger partial charge is 0.463 e. The molecule has 3 nitrogen and oxygen atoms in total. The fraction of sp³-hybridized carbons (Fsp3) is 0.588. The molecule has 1 aromatic carbocycles. The lowest BCUT2D eigenvalue weighted by Crippen LogP contribution is -2.53. The first-order chi connectivity index (χ1) is 9.27. The van der Waals surface area contributed by atoms with Gasteiger partial charge < -0.3 is 9.84 Å². The van der Waals surface area contributed by atoms with Crippen molar-refractivity contribution in [2.45, 2.75) is 52.2 Å². The molecule has 1 aliphatic rings. The summed E-state index contributed by atoms with van der Waals surface area (Å²) >= 11 is 0. The average Bonchev–Trinajstić information content (AvgIpc) is 2.35. The summed E-state index contributed by atoms with van der Waals surface area (Å²) in [6, 6.07) is 9.81. The molecule has 0 bridgehead atoms. The highest BCUT2D eigenvalue weighted by molar-refractivity contribution is 5.66. The third kappa shape index (κ3) is 2.47. The normalized spacial score (nSPS) is 32.6. The van der Waals surface area contributed by atoms with Crippen molar-refractivity contribution >= 4 is 5.97 Å². The number of hydrogen-bond donors (Lipinski definition) is 1. The molecular formula is C17H24O3. The van der Waals surface area contributed by atoms with Crippen LogP contribution in [0.3, 0.4) is 0 Å². The van der Waals surface area contributed by atoms with Crippen LogP contribution in [0.25, 0.3) is 0 Å². The van der Waals surface area contributed by atoms with E-state index in [0.717, 1.165) is 5.56 Å². The van der Waals surface area contributed by atoms with Gasteiger partial charge in [0.2, 0.25) is 0 Å². The lowest BCUT2D eigenvalue weighted by Gasteiger charge is -2.52. The van der Waals surface area contributed by atoms with Crippen molar-refractivity contribution in [1.82, 2.24) is 0 Å². The summed E-state index contributed by atoms with van der Waals surface area (Å²) in [5.41, 5.74) is -0.310. The van der Waals surface area contributed by atoms with E-state index < -0.39 is 5.60 Å². The molecule has 110 valence electrons. The zero-order chi connectivity index (χ0) is 15.0. The number of carbonyl (C=O) groups excluding carboxylic acids is 1. The molecule has 0 radical (unpaired) electrons. The van der Waals surface area contributed by atoms with E-state index in [9.17, 15) is 9.90 Å². The van der Waals surface area contributed by atoms with E-state index >= 15 is 0 Å². The molecule has 3 heteroatoms. The Morgan fingerprint density at radius 3 is 2.40 bits per heavy atom. The van der Waals surface area contributed by atoms with Crippen molar-refractivity contribution < 1.29 is 14.6 Å². The van der Waals surface area contributed by atoms with E-state index in [0.29, 0.717) is 12.8 Å². The van der Waals surface area contributed by atoms with Gasteiger partial charge in [0.05, 0.1) is 5.60 Å². The topological polar surface area (TPSA) is 46.5 Å². The van der Waals surface area contributed by atoms with Crippen LogP contribution in [-0.2, 0) is 15.1 Å². The smallest absolute Gasteiger partial charge is 0.302 e. The first-order valence-electron chi connectivity index (χ1n) is 7.22. The number of carbonyl (C=O) groups is 1. The molecule has 0 saturated heterocycles. The van der Waals surface area contributed by atoms with Gasteiger partial charge in [-0.1, -0.05) is 51.1 Å². The van der Waals surface area contributed by atoms with Crippen LogP contribution in [0.4, 0.5) is 0 Å². The summed E-state index contributed by atoms with van der Waals surface area (Å²) in [7, 11) is 0. The number of ether oxygens (including phenoxy) is 1. The Balaban J connectivity index is 2.33. The van der Waals surface area contributed by atoms with Gasteiger partial charge in [0.15, 0.2) is 0 Å². The molecule has 1 fully saturated rings. The van der Waals surface area contributed by atoms with Crippen molar-refractivity contribution in [2.24, 2.45) is 11.3 Å². The first kappa shape index (κ1) is 15.0. The highest BCUT2D eigenvalue weighted by atomic mass is 16.5. The Kier molecular flexibility index (Phi) is 3.92. The predicted molar refractivity (Wildman–Crippen MR) is 78.1 cm³/mol.